The highest BCUT2D eigenvalue weighted by Crippen LogP contribution is 2.26. The lowest BCUT2D eigenvalue weighted by atomic mass is 10.1. The molecule has 0 radical (unpaired) electrons. The molecule has 2 aromatic heterocycles. The van der Waals surface area contributed by atoms with Gasteiger partial charge in [-0.05, 0) is 12.1 Å². The molecule has 6 nitrogen and oxygen atoms in total. The fraction of sp³-hybridized carbons (Fsp3) is 0.0714. The summed E-state index contributed by atoms with van der Waals surface area (Å²) in [4.78, 5) is 19.5. The van der Waals surface area contributed by atoms with Crippen molar-refractivity contribution in [2.75, 3.05) is 7.11 Å². The Labute approximate surface area is 114 Å². The SMILES string of the molecule is COc1cc(-c2cn3ccncc3n2)ccc1C(=O)O. The predicted octanol–water partition coefficient (Wildman–Crippen LogP) is 2.10. The minimum absolute atomic E-state index is 0.127. The molecule has 6 heteroatoms. The minimum atomic E-state index is -1.02. The second-order valence-corrected chi connectivity index (χ2v) is 4.19. The summed E-state index contributed by atoms with van der Waals surface area (Å²) >= 11 is 0. The van der Waals surface area contributed by atoms with Gasteiger partial charge in [0.25, 0.3) is 0 Å². The highest BCUT2D eigenvalue weighted by molar-refractivity contribution is 5.91. The highest BCUT2D eigenvalue weighted by Gasteiger charge is 2.13. The smallest absolute Gasteiger partial charge is 0.339 e. The molecule has 100 valence electrons. The van der Waals surface area contributed by atoms with Gasteiger partial charge in [0.1, 0.15) is 11.3 Å². The van der Waals surface area contributed by atoms with Gasteiger partial charge in [0.15, 0.2) is 5.65 Å². The van der Waals surface area contributed by atoms with Crippen molar-refractivity contribution in [3.63, 3.8) is 0 Å². The van der Waals surface area contributed by atoms with Crippen LogP contribution in [0.25, 0.3) is 16.9 Å². The summed E-state index contributed by atoms with van der Waals surface area (Å²) in [5, 5.41) is 9.06. The van der Waals surface area contributed by atoms with Crippen LogP contribution in [0.2, 0.25) is 0 Å². The maximum atomic E-state index is 11.1. The monoisotopic (exact) mass is 269 g/mol. The molecule has 0 unspecified atom stereocenters. The number of aromatic carboxylic acids is 1. The molecule has 0 saturated carbocycles. The summed E-state index contributed by atoms with van der Waals surface area (Å²) in [5.74, 6) is -0.710. The van der Waals surface area contributed by atoms with Crippen LogP contribution in [0.3, 0.4) is 0 Å². The number of benzene rings is 1. The Balaban J connectivity index is 2.12. The van der Waals surface area contributed by atoms with Gasteiger partial charge in [-0.15, -0.1) is 0 Å². The fourth-order valence-corrected chi connectivity index (χ4v) is 2.01. The molecule has 1 N–H and O–H groups in total. The number of imidazole rings is 1. The standard InChI is InChI=1S/C14H11N3O3/c1-20-12-6-9(2-3-10(12)14(18)19)11-8-17-5-4-15-7-13(17)16-11/h2-8H,1H3,(H,18,19). The first kappa shape index (κ1) is 12.2. The second-order valence-electron chi connectivity index (χ2n) is 4.19. The van der Waals surface area contributed by atoms with E-state index in [0.29, 0.717) is 5.75 Å². The first-order valence-electron chi connectivity index (χ1n) is 5.89. The van der Waals surface area contributed by atoms with E-state index in [1.54, 1.807) is 30.7 Å². The Morgan fingerprint density at radius 2 is 2.25 bits per heavy atom. The topological polar surface area (TPSA) is 76.7 Å². The van der Waals surface area contributed by atoms with Gasteiger partial charge in [0, 0.05) is 24.2 Å². The molecule has 0 bridgehead atoms. The van der Waals surface area contributed by atoms with E-state index < -0.39 is 5.97 Å². The molecule has 3 rings (SSSR count). The number of carboxylic acids is 1. The van der Waals surface area contributed by atoms with E-state index in [0.717, 1.165) is 16.9 Å². The van der Waals surface area contributed by atoms with E-state index in [1.807, 2.05) is 10.6 Å². The van der Waals surface area contributed by atoms with Crippen molar-refractivity contribution >= 4 is 11.6 Å². The summed E-state index contributed by atoms with van der Waals surface area (Å²) in [7, 11) is 1.44. The van der Waals surface area contributed by atoms with Crippen LogP contribution in [0.1, 0.15) is 10.4 Å². The number of hydrogen-bond donors (Lipinski definition) is 1. The minimum Gasteiger partial charge on any atom is -0.496 e. The van der Waals surface area contributed by atoms with Crippen LogP contribution in [-0.2, 0) is 0 Å². The summed E-state index contributed by atoms with van der Waals surface area (Å²) in [6, 6.07) is 4.89. The first-order valence-corrected chi connectivity index (χ1v) is 5.89. The van der Waals surface area contributed by atoms with Gasteiger partial charge in [-0.1, -0.05) is 6.07 Å². The zero-order valence-corrected chi connectivity index (χ0v) is 10.6. The van der Waals surface area contributed by atoms with Crippen LogP contribution >= 0.6 is 0 Å². The Kier molecular flexibility index (Phi) is 2.83. The van der Waals surface area contributed by atoms with Crippen molar-refractivity contribution < 1.29 is 14.6 Å². The molecule has 0 aliphatic rings. The Bertz CT molecular complexity index is 762. The van der Waals surface area contributed by atoms with Crippen LogP contribution in [0.4, 0.5) is 0 Å². The van der Waals surface area contributed by atoms with E-state index in [4.69, 9.17) is 9.84 Å². The second kappa shape index (κ2) is 4.65. The summed E-state index contributed by atoms with van der Waals surface area (Å²) < 4.78 is 6.96. The van der Waals surface area contributed by atoms with Gasteiger partial charge in [-0.2, -0.15) is 0 Å². The lowest BCUT2D eigenvalue weighted by molar-refractivity contribution is 0.0693. The van der Waals surface area contributed by atoms with Gasteiger partial charge in [-0.3, -0.25) is 4.98 Å². The molecule has 0 saturated heterocycles. The zero-order valence-electron chi connectivity index (χ0n) is 10.6. The van der Waals surface area contributed by atoms with E-state index in [1.165, 1.54) is 13.2 Å². The number of hydrogen-bond acceptors (Lipinski definition) is 4. The average molecular weight is 269 g/mol. The van der Waals surface area contributed by atoms with Crippen molar-refractivity contribution in [2.24, 2.45) is 0 Å². The van der Waals surface area contributed by atoms with E-state index in [9.17, 15) is 4.79 Å². The molecular weight excluding hydrogens is 258 g/mol. The third kappa shape index (κ3) is 1.97. The van der Waals surface area contributed by atoms with Crippen molar-refractivity contribution in [2.45, 2.75) is 0 Å². The quantitative estimate of drug-likeness (QED) is 0.788. The number of carbonyl (C=O) groups is 1. The Hall–Kier alpha value is -2.89. The van der Waals surface area contributed by atoms with Crippen molar-refractivity contribution in [1.82, 2.24) is 14.4 Å². The lowest BCUT2D eigenvalue weighted by Crippen LogP contribution is -2.00. The molecule has 1 aromatic carbocycles. The van der Waals surface area contributed by atoms with Gasteiger partial charge < -0.3 is 14.2 Å². The lowest BCUT2D eigenvalue weighted by Gasteiger charge is -2.06. The molecule has 0 aliphatic heterocycles. The summed E-state index contributed by atoms with van der Waals surface area (Å²) in [5.41, 5.74) is 2.37. The van der Waals surface area contributed by atoms with Gasteiger partial charge in [-0.25, -0.2) is 9.78 Å². The maximum Gasteiger partial charge on any atom is 0.339 e. The molecule has 0 atom stereocenters. The zero-order chi connectivity index (χ0) is 14.1. The summed E-state index contributed by atoms with van der Waals surface area (Å²) in [6.45, 7) is 0. The number of fused-ring (bicyclic) bond motifs is 1. The molecule has 20 heavy (non-hydrogen) atoms. The number of aromatic nitrogens is 3. The van der Waals surface area contributed by atoms with E-state index in [-0.39, 0.29) is 5.56 Å². The highest BCUT2D eigenvalue weighted by atomic mass is 16.5. The largest absolute Gasteiger partial charge is 0.496 e. The van der Waals surface area contributed by atoms with Crippen molar-refractivity contribution in [3.05, 3.63) is 48.5 Å². The van der Waals surface area contributed by atoms with E-state index in [2.05, 4.69) is 9.97 Å². The molecule has 2 heterocycles. The van der Waals surface area contributed by atoms with Gasteiger partial charge >= 0.3 is 5.97 Å². The number of rotatable bonds is 3. The molecular formula is C14H11N3O3. The molecule has 0 amide bonds. The number of carboxylic acid groups (broad SMARTS) is 1. The van der Waals surface area contributed by atoms with E-state index >= 15 is 0 Å². The molecule has 0 aliphatic carbocycles. The third-order valence-corrected chi connectivity index (χ3v) is 2.99. The van der Waals surface area contributed by atoms with Gasteiger partial charge in [0.2, 0.25) is 0 Å². The number of methoxy groups -OCH3 is 1. The fourth-order valence-electron chi connectivity index (χ4n) is 2.01. The molecule has 0 fully saturated rings. The Morgan fingerprint density at radius 1 is 1.40 bits per heavy atom. The maximum absolute atomic E-state index is 11.1. The summed E-state index contributed by atoms with van der Waals surface area (Å²) in [6.07, 6.45) is 6.99. The van der Waals surface area contributed by atoms with Crippen LogP contribution < -0.4 is 4.74 Å². The molecule has 0 spiro atoms. The van der Waals surface area contributed by atoms with Crippen molar-refractivity contribution in [3.8, 4) is 17.0 Å². The number of ether oxygens (including phenoxy) is 1. The van der Waals surface area contributed by atoms with Crippen LogP contribution in [0, 0.1) is 0 Å². The van der Waals surface area contributed by atoms with Crippen molar-refractivity contribution in [1.29, 1.82) is 0 Å². The predicted molar refractivity (Wildman–Crippen MR) is 71.9 cm³/mol. The number of nitrogens with zero attached hydrogens (tertiary/aromatic N) is 3. The Morgan fingerprint density at radius 3 is 2.95 bits per heavy atom. The molecule has 3 aromatic rings. The van der Waals surface area contributed by atoms with Crippen LogP contribution in [0.5, 0.6) is 5.75 Å². The van der Waals surface area contributed by atoms with Crippen LogP contribution in [-0.4, -0.2) is 32.6 Å². The first-order chi connectivity index (χ1) is 9.69. The van der Waals surface area contributed by atoms with Crippen LogP contribution in [0.15, 0.2) is 43.0 Å². The average Bonchev–Trinajstić information content (AvgIpc) is 2.90. The third-order valence-electron chi connectivity index (χ3n) is 2.99. The van der Waals surface area contributed by atoms with Gasteiger partial charge in [0.05, 0.1) is 19.0 Å². The normalized spacial score (nSPS) is 10.7.